The molecule has 1 atom stereocenters. The number of halogens is 3. The summed E-state index contributed by atoms with van der Waals surface area (Å²) in [6.45, 7) is 5.63. The van der Waals surface area contributed by atoms with E-state index >= 15 is 0 Å². The molecule has 0 fully saturated rings. The Hall–Kier alpha value is -3.96. The third kappa shape index (κ3) is 4.50. The summed E-state index contributed by atoms with van der Waals surface area (Å²) < 4.78 is 43.5. The SMILES string of the molecule is CCN1c2nc(NCc3ccc(Oc4ccc(C(F)(F)F)nc4)nc3)nc3c2N(CCC3)C(=O)[C@@H]1C. The van der Waals surface area contributed by atoms with E-state index in [0.717, 1.165) is 47.9 Å². The Morgan fingerprint density at radius 3 is 2.64 bits per heavy atom. The molecular formula is C24H24F3N7O2. The van der Waals surface area contributed by atoms with Gasteiger partial charge in [-0.05, 0) is 44.4 Å². The van der Waals surface area contributed by atoms with E-state index < -0.39 is 11.9 Å². The van der Waals surface area contributed by atoms with Crippen LogP contribution in [0.4, 0.5) is 30.6 Å². The van der Waals surface area contributed by atoms with Gasteiger partial charge in [-0.1, -0.05) is 6.07 Å². The molecule has 0 saturated heterocycles. The summed E-state index contributed by atoms with van der Waals surface area (Å²) in [7, 11) is 0. The lowest BCUT2D eigenvalue weighted by atomic mass is 10.0. The van der Waals surface area contributed by atoms with Gasteiger partial charge >= 0.3 is 6.18 Å². The second kappa shape index (κ2) is 9.25. The number of aryl methyl sites for hydroxylation is 1. The number of nitrogens with one attached hydrogen (secondary N) is 1. The van der Waals surface area contributed by atoms with Gasteiger partial charge in [0.25, 0.3) is 0 Å². The minimum Gasteiger partial charge on any atom is -0.437 e. The van der Waals surface area contributed by atoms with Crippen molar-refractivity contribution in [1.82, 2.24) is 19.9 Å². The highest BCUT2D eigenvalue weighted by molar-refractivity contribution is 6.05. The van der Waals surface area contributed by atoms with Crippen LogP contribution in [-0.2, 0) is 23.9 Å². The Kier molecular flexibility index (Phi) is 6.10. The lowest BCUT2D eigenvalue weighted by molar-refractivity contribution is -0.141. The lowest BCUT2D eigenvalue weighted by Crippen LogP contribution is -2.54. The molecule has 0 unspecified atom stereocenters. The van der Waals surface area contributed by atoms with Crippen LogP contribution in [0.25, 0.3) is 0 Å². The summed E-state index contributed by atoms with van der Waals surface area (Å²) in [5.41, 5.74) is 1.52. The van der Waals surface area contributed by atoms with E-state index in [9.17, 15) is 18.0 Å². The van der Waals surface area contributed by atoms with Gasteiger partial charge < -0.3 is 19.9 Å². The number of anilines is 3. The van der Waals surface area contributed by atoms with Crippen LogP contribution < -0.4 is 19.9 Å². The quantitative estimate of drug-likeness (QED) is 0.539. The molecule has 3 aromatic rings. The summed E-state index contributed by atoms with van der Waals surface area (Å²) in [5, 5.41) is 3.24. The monoisotopic (exact) mass is 499 g/mol. The molecule has 2 aliphatic rings. The van der Waals surface area contributed by atoms with E-state index in [2.05, 4.69) is 20.3 Å². The van der Waals surface area contributed by atoms with Crippen molar-refractivity contribution in [2.75, 3.05) is 28.2 Å². The van der Waals surface area contributed by atoms with E-state index in [0.29, 0.717) is 25.6 Å². The van der Waals surface area contributed by atoms with Crippen LogP contribution in [0.5, 0.6) is 11.6 Å². The Labute approximate surface area is 205 Å². The van der Waals surface area contributed by atoms with Gasteiger partial charge in [-0.3, -0.25) is 4.79 Å². The third-order valence-electron chi connectivity index (χ3n) is 6.20. The van der Waals surface area contributed by atoms with Gasteiger partial charge in [0, 0.05) is 31.9 Å². The van der Waals surface area contributed by atoms with Crippen molar-refractivity contribution < 1.29 is 22.7 Å². The molecule has 5 rings (SSSR count). The summed E-state index contributed by atoms with van der Waals surface area (Å²) >= 11 is 0. The van der Waals surface area contributed by atoms with Crippen LogP contribution >= 0.6 is 0 Å². The highest BCUT2D eigenvalue weighted by atomic mass is 19.4. The number of rotatable bonds is 6. The summed E-state index contributed by atoms with van der Waals surface area (Å²) in [5.74, 6) is 1.70. The second-order valence-electron chi connectivity index (χ2n) is 8.56. The number of ether oxygens (including phenoxy) is 1. The van der Waals surface area contributed by atoms with Crippen LogP contribution in [-0.4, -0.2) is 45.0 Å². The predicted octanol–water partition coefficient (Wildman–Crippen LogP) is 4.20. The average Bonchev–Trinajstić information content (AvgIpc) is 2.87. The number of pyridine rings is 2. The number of carbonyl (C=O) groups excluding carboxylic acids is 1. The first-order valence-electron chi connectivity index (χ1n) is 11.6. The van der Waals surface area contributed by atoms with Gasteiger partial charge in [0.2, 0.25) is 17.7 Å². The molecule has 0 radical (unpaired) electrons. The van der Waals surface area contributed by atoms with E-state index in [1.54, 1.807) is 18.3 Å². The summed E-state index contributed by atoms with van der Waals surface area (Å²) in [6.07, 6.45) is -0.262. The number of hydrogen-bond acceptors (Lipinski definition) is 8. The maximum atomic E-state index is 12.8. The minimum absolute atomic E-state index is 0.0788. The predicted molar refractivity (Wildman–Crippen MR) is 126 cm³/mol. The van der Waals surface area contributed by atoms with Crippen molar-refractivity contribution in [3.63, 3.8) is 0 Å². The van der Waals surface area contributed by atoms with E-state index in [-0.39, 0.29) is 23.6 Å². The molecular weight excluding hydrogens is 475 g/mol. The molecule has 5 heterocycles. The largest absolute Gasteiger partial charge is 0.437 e. The molecule has 0 aliphatic carbocycles. The number of nitrogens with zero attached hydrogens (tertiary/aromatic N) is 6. The maximum absolute atomic E-state index is 12.8. The third-order valence-corrected chi connectivity index (χ3v) is 6.20. The number of hydrogen-bond donors (Lipinski definition) is 1. The Bertz CT molecular complexity index is 1270. The maximum Gasteiger partial charge on any atom is 0.433 e. The average molecular weight is 499 g/mol. The molecule has 9 nitrogen and oxygen atoms in total. The van der Waals surface area contributed by atoms with Crippen molar-refractivity contribution >= 4 is 23.4 Å². The highest BCUT2D eigenvalue weighted by Crippen LogP contribution is 2.40. The zero-order valence-electron chi connectivity index (χ0n) is 19.7. The van der Waals surface area contributed by atoms with E-state index in [4.69, 9.17) is 9.72 Å². The molecule has 0 saturated carbocycles. The van der Waals surface area contributed by atoms with Crippen molar-refractivity contribution in [2.45, 2.75) is 45.5 Å². The Morgan fingerprint density at radius 1 is 1.14 bits per heavy atom. The number of likely N-dealkylation sites (N-methyl/N-ethyl adjacent to an activating group) is 1. The fourth-order valence-corrected chi connectivity index (χ4v) is 4.41. The van der Waals surface area contributed by atoms with E-state index in [1.165, 1.54) is 6.07 Å². The molecule has 2 aliphatic heterocycles. The molecule has 0 bridgehead atoms. The van der Waals surface area contributed by atoms with Gasteiger partial charge in [-0.25, -0.2) is 15.0 Å². The second-order valence-corrected chi connectivity index (χ2v) is 8.56. The highest BCUT2D eigenvalue weighted by Gasteiger charge is 2.39. The van der Waals surface area contributed by atoms with Crippen molar-refractivity contribution in [2.24, 2.45) is 0 Å². The normalized spacial score (nSPS) is 17.1. The number of alkyl halides is 3. The topological polar surface area (TPSA) is 96.4 Å². The van der Waals surface area contributed by atoms with Gasteiger partial charge in [0.1, 0.15) is 23.2 Å². The fourth-order valence-electron chi connectivity index (χ4n) is 4.41. The molecule has 1 amide bonds. The molecule has 188 valence electrons. The number of amides is 1. The Morgan fingerprint density at radius 2 is 1.97 bits per heavy atom. The van der Waals surface area contributed by atoms with Crippen molar-refractivity contribution in [3.05, 3.63) is 53.6 Å². The van der Waals surface area contributed by atoms with Crippen molar-refractivity contribution in [3.8, 4) is 11.6 Å². The van der Waals surface area contributed by atoms with Gasteiger partial charge in [0.05, 0.1) is 11.9 Å². The Balaban J connectivity index is 1.28. The standard InChI is InChI=1S/C24H24F3N7O2/c1-3-33-14(2)22(35)34-10-4-5-17-20(34)21(33)32-23(31-17)30-12-15-6-9-19(29-11-15)36-16-7-8-18(28-13-16)24(25,26)27/h6-9,11,13-14H,3-5,10,12H2,1-2H3,(H,30,31,32)/t14-/m0/s1. The summed E-state index contributed by atoms with van der Waals surface area (Å²) in [4.78, 5) is 33.6. The number of carbonyl (C=O) groups is 1. The van der Waals surface area contributed by atoms with Crippen molar-refractivity contribution in [1.29, 1.82) is 0 Å². The minimum atomic E-state index is -4.51. The summed E-state index contributed by atoms with van der Waals surface area (Å²) in [6, 6.07) is 5.18. The first-order chi connectivity index (χ1) is 17.2. The van der Waals surface area contributed by atoms with Crippen LogP contribution in [0.1, 0.15) is 37.2 Å². The zero-order chi connectivity index (χ0) is 25.4. The first kappa shape index (κ1) is 23.8. The van der Waals surface area contributed by atoms with Crippen LogP contribution in [0, 0.1) is 0 Å². The molecule has 1 N–H and O–H groups in total. The smallest absolute Gasteiger partial charge is 0.433 e. The number of aromatic nitrogens is 4. The molecule has 36 heavy (non-hydrogen) atoms. The fraction of sp³-hybridized carbons (Fsp3) is 0.375. The van der Waals surface area contributed by atoms with Crippen LogP contribution in [0.3, 0.4) is 0 Å². The first-order valence-corrected chi connectivity index (χ1v) is 11.6. The van der Waals surface area contributed by atoms with Gasteiger partial charge in [0.15, 0.2) is 5.82 Å². The lowest BCUT2D eigenvalue weighted by Gasteiger charge is -2.42. The molecule has 0 spiro atoms. The molecule has 0 aromatic carbocycles. The van der Waals surface area contributed by atoms with Crippen LogP contribution in [0.15, 0.2) is 36.7 Å². The van der Waals surface area contributed by atoms with Gasteiger partial charge in [-0.15, -0.1) is 0 Å². The molecule has 3 aromatic heterocycles. The molecule has 12 heteroatoms. The van der Waals surface area contributed by atoms with Crippen LogP contribution in [0.2, 0.25) is 0 Å². The van der Waals surface area contributed by atoms with Gasteiger partial charge in [-0.2, -0.15) is 18.2 Å². The zero-order valence-corrected chi connectivity index (χ0v) is 19.7. The van der Waals surface area contributed by atoms with E-state index in [1.807, 2.05) is 23.6 Å².